The van der Waals surface area contributed by atoms with Crippen molar-refractivity contribution in [1.29, 1.82) is 0 Å². The number of ether oxygens (including phenoxy) is 7. The van der Waals surface area contributed by atoms with Gasteiger partial charge in [0.25, 0.3) is 0 Å². The van der Waals surface area contributed by atoms with E-state index in [0.29, 0.717) is 45.5 Å². The van der Waals surface area contributed by atoms with Crippen LogP contribution in [0.25, 0.3) is 0 Å². The van der Waals surface area contributed by atoms with E-state index in [1.807, 2.05) is 0 Å². The molecule has 4 rings (SSSR count). The molecular formula is C54H102O14Si2. The number of hydrogen-bond donors (Lipinski definition) is 2. The van der Waals surface area contributed by atoms with Crippen molar-refractivity contribution in [2.45, 2.75) is 244 Å². The first-order valence-corrected chi connectivity index (χ1v) is 32.8. The van der Waals surface area contributed by atoms with Crippen LogP contribution in [-0.4, -0.2) is 129 Å². The number of rotatable bonds is 24. The number of aliphatic hydroxyl groups is 2. The van der Waals surface area contributed by atoms with Crippen molar-refractivity contribution < 1.29 is 66.6 Å². The fourth-order valence-corrected chi connectivity index (χ4v) is 11.1. The lowest BCUT2D eigenvalue weighted by molar-refractivity contribution is -0.198. The Hall–Kier alpha value is -1.74. The summed E-state index contributed by atoms with van der Waals surface area (Å²) in [4.78, 5) is 32.3. The van der Waals surface area contributed by atoms with Crippen molar-refractivity contribution in [2.75, 3.05) is 47.3 Å². The van der Waals surface area contributed by atoms with Crippen molar-refractivity contribution >= 4 is 34.5 Å². The van der Waals surface area contributed by atoms with Gasteiger partial charge in [0.05, 0.1) is 45.2 Å². The first-order valence-electron chi connectivity index (χ1n) is 27.0. The third-order valence-electron chi connectivity index (χ3n) is 15.6. The predicted octanol–water partition coefficient (Wildman–Crippen LogP) is 11.2. The highest BCUT2D eigenvalue weighted by molar-refractivity contribution is 6.74. The average molecular weight is 1030 g/mol. The second kappa shape index (κ2) is 32.5. The third kappa shape index (κ3) is 23.6. The Morgan fingerprint density at radius 1 is 0.629 bits per heavy atom. The molecule has 4 aliphatic rings. The monoisotopic (exact) mass is 1030 g/mol. The maximum absolute atomic E-state index is 11.3. The zero-order valence-electron chi connectivity index (χ0n) is 46.5. The van der Waals surface area contributed by atoms with Crippen molar-refractivity contribution in [3.8, 4) is 0 Å². The van der Waals surface area contributed by atoms with Gasteiger partial charge in [0.2, 0.25) is 0 Å². The van der Waals surface area contributed by atoms with Crippen LogP contribution in [-0.2, 0) is 56.4 Å². The highest BCUT2D eigenvalue weighted by Crippen LogP contribution is 2.44. The Labute approximate surface area is 426 Å². The van der Waals surface area contributed by atoms with E-state index in [1.165, 1.54) is 21.1 Å². The predicted molar refractivity (Wildman–Crippen MR) is 280 cm³/mol. The van der Waals surface area contributed by atoms with Crippen molar-refractivity contribution in [3.63, 3.8) is 0 Å². The highest BCUT2D eigenvalue weighted by atomic mass is 28.4. The molecule has 70 heavy (non-hydrogen) atoms. The zero-order valence-corrected chi connectivity index (χ0v) is 48.5. The third-order valence-corrected chi connectivity index (χ3v) is 24.6. The van der Waals surface area contributed by atoms with Crippen LogP contribution in [0.15, 0.2) is 12.2 Å². The summed E-state index contributed by atoms with van der Waals surface area (Å²) in [6.45, 7) is 29.1. The Morgan fingerprint density at radius 2 is 1.09 bits per heavy atom. The van der Waals surface area contributed by atoms with Crippen molar-refractivity contribution in [2.24, 2.45) is 23.7 Å². The lowest BCUT2D eigenvalue weighted by Crippen LogP contribution is -2.44. The quantitative estimate of drug-likeness (QED) is 0.0307. The molecule has 0 amide bonds. The summed E-state index contributed by atoms with van der Waals surface area (Å²) < 4.78 is 51.5. The minimum absolute atomic E-state index is 0.0119. The molecule has 0 aromatic carbocycles. The molecule has 2 N–H and O–H groups in total. The van der Waals surface area contributed by atoms with Crippen molar-refractivity contribution in [3.05, 3.63) is 12.2 Å². The fraction of sp³-hybridized carbons (Fsp3) is 0.907. The molecule has 16 heteroatoms. The van der Waals surface area contributed by atoms with E-state index in [2.05, 4.69) is 89.4 Å². The lowest BCUT2D eigenvalue weighted by atomic mass is 9.89. The largest absolute Gasteiger partial charge is 0.469 e. The smallest absolute Gasteiger partial charge is 0.305 e. The van der Waals surface area contributed by atoms with Gasteiger partial charge >= 0.3 is 17.9 Å². The van der Waals surface area contributed by atoms with Gasteiger partial charge in [-0.15, -0.1) is 0 Å². The van der Waals surface area contributed by atoms with Crippen LogP contribution >= 0.6 is 0 Å². The van der Waals surface area contributed by atoms with Gasteiger partial charge in [0, 0.05) is 70.9 Å². The standard InChI is InChI=1S/C25H48O6Si.C25H46O6Si.C4H8O2/c2*1-25(2,3)32(5,6)30-18-20-19(13-9-7-8-10-14-23(27)28-4)21(26)17-22(20)31-24-15-11-12-16-29-24;1-3-6-4(2)5/h19-22,24,26H,7-18H2,1-6H3;7,9,19-22,24,26H,8,10-18H2,1-6H3;3H2,1-2H3/b;9-7-;/t2*19-,20-,21?,22-,24?;/m11./s1. The van der Waals surface area contributed by atoms with E-state index < -0.39 is 22.7 Å². The molecule has 0 bridgehead atoms. The maximum Gasteiger partial charge on any atom is 0.305 e. The molecule has 2 heterocycles. The molecule has 14 nitrogen and oxygen atoms in total. The summed E-state index contributed by atoms with van der Waals surface area (Å²) in [6.07, 6.45) is 19.0. The van der Waals surface area contributed by atoms with Crippen LogP contribution in [0.3, 0.4) is 0 Å². The molecule has 0 aromatic rings. The summed E-state index contributed by atoms with van der Waals surface area (Å²) >= 11 is 0. The van der Waals surface area contributed by atoms with Gasteiger partial charge < -0.3 is 52.2 Å². The SMILES string of the molecule is CCOC(C)=O.COC(=O)CCC/C=C\C[C@H]1C(O)C[C@@H](OC2CCCCO2)[C@@H]1CO[Si](C)(C)C(C)(C)C.COC(=O)CCCCCC[C@H]1C(O)C[C@@H](OC2CCCCO2)[C@@H]1CO[Si](C)(C)C(C)(C)C. The topological polar surface area (TPSA) is 175 Å². The van der Waals surface area contributed by atoms with E-state index >= 15 is 0 Å². The zero-order chi connectivity index (χ0) is 52.5. The molecule has 10 atom stereocenters. The van der Waals surface area contributed by atoms with Crippen LogP contribution in [0, 0.1) is 23.7 Å². The van der Waals surface area contributed by atoms with Crippen LogP contribution in [0.2, 0.25) is 36.3 Å². The fourth-order valence-electron chi connectivity index (χ4n) is 9.03. The molecule has 4 fully saturated rings. The number of esters is 3. The number of allylic oxidation sites excluding steroid dienone is 2. The lowest BCUT2D eigenvalue weighted by Gasteiger charge is -2.38. The molecule has 2 aliphatic heterocycles. The Morgan fingerprint density at radius 3 is 1.50 bits per heavy atom. The Kier molecular flexibility index (Phi) is 29.9. The van der Waals surface area contributed by atoms with Gasteiger partial charge in [0.1, 0.15) is 0 Å². The second-order valence-electron chi connectivity index (χ2n) is 23.0. The van der Waals surface area contributed by atoms with Crippen LogP contribution in [0.5, 0.6) is 0 Å². The van der Waals surface area contributed by atoms with Gasteiger partial charge in [-0.2, -0.15) is 0 Å². The van der Waals surface area contributed by atoms with Gasteiger partial charge in [-0.3, -0.25) is 14.4 Å². The number of hydrogen-bond acceptors (Lipinski definition) is 14. The highest BCUT2D eigenvalue weighted by Gasteiger charge is 2.48. The molecule has 4 unspecified atom stereocenters. The maximum atomic E-state index is 11.3. The molecule has 0 spiro atoms. The van der Waals surface area contributed by atoms with E-state index in [4.69, 9.17) is 32.5 Å². The van der Waals surface area contributed by atoms with E-state index in [1.54, 1.807) is 6.92 Å². The molecule has 2 saturated carbocycles. The van der Waals surface area contributed by atoms with Crippen LogP contribution in [0.1, 0.15) is 171 Å². The van der Waals surface area contributed by atoms with Crippen LogP contribution < -0.4 is 0 Å². The molecule has 410 valence electrons. The summed E-state index contributed by atoms with van der Waals surface area (Å²) in [5.41, 5.74) is 0. The minimum atomic E-state index is -1.90. The number of aliphatic hydroxyl groups excluding tert-OH is 2. The first-order chi connectivity index (χ1) is 32.9. The molecule has 2 aliphatic carbocycles. The normalized spacial score (nSPS) is 27.5. The van der Waals surface area contributed by atoms with E-state index in [0.717, 1.165) is 103 Å². The molecule has 0 radical (unpaired) electrons. The molecule has 2 saturated heterocycles. The number of carbonyl (C=O) groups is 3. The summed E-state index contributed by atoms with van der Waals surface area (Å²) in [7, 11) is -0.925. The van der Waals surface area contributed by atoms with E-state index in [-0.39, 0.29) is 82.5 Å². The summed E-state index contributed by atoms with van der Waals surface area (Å²) in [5.74, 6) is 0.113. The number of methoxy groups -OCH3 is 2. The van der Waals surface area contributed by atoms with Gasteiger partial charge in [-0.05, 0) is 126 Å². The second-order valence-corrected chi connectivity index (χ2v) is 32.6. The number of unbranched alkanes of at least 4 members (excludes halogenated alkanes) is 4. The average Bonchev–Trinajstić information content (AvgIpc) is 3.75. The van der Waals surface area contributed by atoms with Crippen LogP contribution in [0.4, 0.5) is 0 Å². The van der Waals surface area contributed by atoms with Crippen molar-refractivity contribution in [1.82, 2.24) is 0 Å². The van der Waals surface area contributed by atoms with Gasteiger partial charge in [-0.25, -0.2) is 0 Å². The number of carbonyl (C=O) groups excluding carboxylic acids is 3. The first kappa shape index (κ1) is 64.4. The molecule has 0 aromatic heterocycles. The minimum Gasteiger partial charge on any atom is -0.469 e. The van der Waals surface area contributed by atoms with Gasteiger partial charge in [0.15, 0.2) is 29.2 Å². The Balaban J connectivity index is 0.000000430. The summed E-state index contributed by atoms with van der Waals surface area (Å²) in [6, 6.07) is 0. The Bertz CT molecular complexity index is 1480. The van der Waals surface area contributed by atoms with Gasteiger partial charge in [-0.1, -0.05) is 73.0 Å². The van der Waals surface area contributed by atoms with E-state index in [9.17, 15) is 24.6 Å². The summed E-state index contributed by atoms with van der Waals surface area (Å²) in [5, 5.41) is 22.1. The molecular weight excluding hydrogens is 929 g/mol.